The fourth-order valence-electron chi connectivity index (χ4n) is 2.14. The number of benzene rings is 2. The predicted molar refractivity (Wildman–Crippen MR) is 75.9 cm³/mol. The van der Waals surface area contributed by atoms with Gasteiger partial charge in [-0.05, 0) is 31.2 Å². The maximum atomic E-state index is 13.8. The average molecular weight is 362 g/mol. The molecule has 0 heterocycles. The number of hydrogen-bond acceptors (Lipinski definition) is 1. The molecule has 0 spiro atoms. The predicted octanol–water partition coefficient (Wildman–Crippen LogP) is 4.51. The zero-order chi connectivity index (χ0) is 15.6. The Balaban J connectivity index is 2.37. The van der Waals surface area contributed by atoms with Crippen molar-refractivity contribution < 1.29 is 17.6 Å². The van der Waals surface area contributed by atoms with Crippen LogP contribution >= 0.6 is 15.9 Å². The number of hydrogen-bond donors (Lipinski definition) is 1. The molecule has 0 aliphatic heterocycles. The summed E-state index contributed by atoms with van der Waals surface area (Å²) in [4.78, 5) is 0. The average Bonchev–Trinajstić information content (AvgIpc) is 2.39. The summed E-state index contributed by atoms with van der Waals surface area (Å²) in [7, 11) is 1.50. The van der Waals surface area contributed by atoms with E-state index in [0.29, 0.717) is 22.2 Å². The van der Waals surface area contributed by atoms with Crippen LogP contribution in [0.25, 0.3) is 0 Å². The molecule has 21 heavy (non-hydrogen) atoms. The molecule has 2 aromatic carbocycles. The van der Waals surface area contributed by atoms with Gasteiger partial charge in [-0.1, -0.05) is 22.0 Å². The van der Waals surface area contributed by atoms with E-state index in [4.69, 9.17) is 0 Å². The van der Waals surface area contributed by atoms with Crippen LogP contribution in [-0.4, -0.2) is 7.05 Å². The van der Waals surface area contributed by atoms with Gasteiger partial charge in [0, 0.05) is 28.2 Å². The monoisotopic (exact) mass is 361 g/mol. The molecule has 0 saturated carbocycles. The van der Waals surface area contributed by atoms with E-state index in [2.05, 4.69) is 21.2 Å². The van der Waals surface area contributed by atoms with Gasteiger partial charge in [-0.15, -0.1) is 0 Å². The molecule has 0 fully saturated rings. The summed E-state index contributed by atoms with van der Waals surface area (Å²) in [6, 6.07) is 4.87. The van der Waals surface area contributed by atoms with E-state index >= 15 is 0 Å². The molecule has 112 valence electrons. The summed E-state index contributed by atoms with van der Waals surface area (Å²) >= 11 is 3.14. The van der Waals surface area contributed by atoms with Gasteiger partial charge in [-0.2, -0.15) is 0 Å². The van der Waals surface area contributed by atoms with E-state index in [-0.39, 0.29) is 12.0 Å². The molecule has 0 bridgehead atoms. The van der Waals surface area contributed by atoms with E-state index in [1.807, 2.05) is 0 Å². The highest BCUT2D eigenvalue weighted by Gasteiger charge is 2.21. The number of likely N-dealkylation sites (N-methyl/N-ethyl adjacent to an activating group) is 1. The molecule has 0 aliphatic carbocycles. The van der Waals surface area contributed by atoms with Gasteiger partial charge in [-0.3, -0.25) is 0 Å². The lowest BCUT2D eigenvalue weighted by Gasteiger charge is -2.18. The first-order valence-electron chi connectivity index (χ1n) is 6.18. The van der Waals surface area contributed by atoms with Gasteiger partial charge in [0.1, 0.15) is 23.3 Å². The van der Waals surface area contributed by atoms with E-state index < -0.39 is 29.3 Å². The van der Waals surface area contributed by atoms with Crippen LogP contribution in [0.5, 0.6) is 0 Å². The lowest BCUT2D eigenvalue weighted by Crippen LogP contribution is -2.22. The SMILES string of the molecule is CNC(Cc1ccc(Br)cc1F)c1c(F)cc(F)cc1F. The quantitative estimate of drug-likeness (QED) is 0.790. The number of rotatable bonds is 4. The highest BCUT2D eigenvalue weighted by molar-refractivity contribution is 9.10. The van der Waals surface area contributed by atoms with Gasteiger partial charge in [-0.25, -0.2) is 17.6 Å². The second-order valence-corrected chi connectivity index (χ2v) is 5.48. The van der Waals surface area contributed by atoms with Gasteiger partial charge in [0.2, 0.25) is 0 Å². The molecule has 0 saturated heterocycles. The Hall–Kier alpha value is -1.40. The van der Waals surface area contributed by atoms with E-state index in [0.717, 1.165) is 0 Å². The van der Waals surface area contributed by atoms with Crippen molar-refractivity contribution in [1.82, 2.24) is 5.32 Å². The minimum absolute atomic E-state index is 0.0368. The van der Waals surface area contributed by atoms with Crippen molar-refractivity contribution in [3.8, 4) is 0 Å². The summed E-state index contributed by atoms with van der Waals surface area (Å²) in [6.07, 6.45) is 0.0368. The highest BCUT2D eigenvalue weighted by atomic mass is 79.9. The molecule has 0 amide bonds. The first-order chi connectivity index (χ1) is 9.92. The smallest absolute Gasteiger partial charge is 0.133 e. The molecule has 1 atom stereocenters. The van der Waals surface area contributed by atoms with Crippen LogP contribution in [0.2, 0.25) is 0 Å². The van der Waals surface area contributed by atoms with Crippen LogP contribution in [0.1, 0.15) is 17.2 Å². The largest absolute Gasteiger partial charge is 0.313 e. The molecular formula is C15H12BrF4N. The Labute approximate surface area is 128 Å². The lowest BCUT2D eigenvalue weighted by atomic mass is 9.97. The summed E-state index contributed by atoms with van der Waals surface area (Å²) < 4.78 is 54.9. The minimum atomic E-state index is -0.996. The van der Waals surface area contributed by atoms with Gasteiger partial charge in [0.25, 0.3) is 0 Å². The zero-order valence-electron chi connectivity index (χ0n) is 11.1. The molecule has 1 N–H and O–H groups in total. The maximum absolute atomic E-state index is 13.8. The Morgan fingerprint density at radius 2 is 1.62 bits per heavy atom. The van der Waals surface area contributed by atoms with Crippen LogP contribution in [0.15, 0.2) is 34.8 Å². The molecule has 6 heteroatoms. The first kappa shape index (κ1) is 16.0. The van der Waals surface area contributed by atoms with Crippen LogP contribution in [0.4, 0.5) is 17.6 Å². The Morgan fingerprint density at radius 3 is 2.14 bits per heavy atom. The summed E-state index contributed by atoms with van der Waals surface area (Å²) in [6.45, 7) is 0. The van der Waals surface area contributed by atoms with Crippen molar-refractivity contribution >= 4 is 15.9 Å². The molecule has 1 unspecified atom stereocenters. The second-order valence-electron chi connectivity index (χ2n) is 4.56. The van der Waals surface area contributed by atoms with E-state index in [1.165, 1.54) is 19.2 Å². The molecule has 1 nitrogen and oxygen atoms in total. The number of halogens is 5. The zero-order valence-corrected chi connectivity index (χ0v) is 12.6. The fraction of sp³-hybridized carbons (Fsp3) is 0.200. The Kier molecular flexibility index (Phi) is 5.00. The maximum Gasteiger partial charge on any atom is 0.133 e. The third-order valence-electron chi connectivity index (χ3n) is 3.18. The van der Waals surface area contributed by atoms with E-state index in [1.54, 1.807) is 6.07 Å². The van der Waals surface area contributed by atoms with Crippen molar-refractivity contribution in [2.75, 3.05) is 7.05 Å². The van der Waals surface area contributed by atoms with Crippen LogP contribution in [0, 0.1) is 23.3 Å². The second kappa shape index (κ2) is 6.58. The fourth-order valence-corrected chi connectivity index (χ4v) is 2.48. The standard InChI is InChI=1S/C15H12BrF4N/c1-21-14(4-8-2-3-9(16)5-11(8)18)15-12(19)6-10(17)7-13(15)20/h2-3,5-7,14,21H,4H2,1H3. The van der Waals surface area contributed by atoms with Crippen molar-refractivity contribution in [3.63, 3.8) is 0 Å². The van der Waals surface area contributed by atoms with Crippen molar-refractivity contribution in [2.45, 2.75) is 12.5 Å². The third kappa shape index (κ3) is 3.63. The normalized spacial score (nSPS) is 12.5. The molecule has 2 rings (SSSR count). The summed E-state index contributed by atoms with van der Waals surface area (Å²) in [5, 5.41) is 2.73. The molecule has 0 radical (unpaired) electrons. The minimum Gasteiger partial charge on any atom is -0.313 e. The van der Waals surface area contributed by atoms with Gasteiger partial charge >= 0.3 is 0 Å². The molecule has 0 aliphatic rings. The van der Waals surface area contributed by atoms with Gasteiger partial charge < -0.3 is 5.32 Å². The molecular weight excluding hydrogens is 350 g/mol. The van der Waals surface area contributed by atoms with Crippen LogP contribution in [0.3, 0.4) is 0 Å². The molecule has 2 aromatic rings. The summed E-state index contributed by atoms with van der Waals surface area (Å²) in [5.41, 5.74) is 0.00175. The van der Waals surface area contributed by atoms with Crippen molar-refractivity contribution in [3.05, 3.63) is 69.2 Å². The van der Waals surface area contributed by atoms with E-state index in [9.17, 15) is 17.6 Å². The van der Waals surface area contributed by atoms with Gasteiger partial charge in [0.15, 0.2) is 0 Å². The third-order valence-corrected chi connectivity index (χ3v) is 3.67. The number of nitrogens with one attached hydrogen (secondary N) is 1. The summed E-state index contributed by atoms with van der Waals surface area (Å²) in [5.74, 6) is -3.46. The Bertz CT molecular complexity index is 637. The lowest BCUT2D eigenvalue weighted by molar-refractivity contribution is 0.469. The Morgan fingerprint density at radius 1 is 1.00 bits per heavy atom. The topological polar surface area (TPSA) is 12.0 Å². The van der Waals surface area contributed by atoms with Crippen molar-refractivity contribution in [1.29, 1.82) is 0 Å². The first-order valence-corrected chi connectivity index (χ1v) is 6.97. The van der Waals surface area contributed by atoms with Crippen LogP contribution in [-0.2, 0) is 6.42 Å². The van der Waals surface area contributed by atoms with Gasteiger partial charge in [0.05, 0.1) is 0 Å². The van der Waals surface area contributed by atoms with Crippen molar-refractivity contribution in [2.24, 2.45) is 0 Å². The molecule has 0 aromatic heterocycles. The highest BCUT2D eigenvalue weighted by Crippen LogP contribution is 2.26. The van der Waals surface area contributed by atoms with Crippen LogP contribution < -0.4 is 5.32 Å².